The van der Waals surface area contributed by atoms with Crippen LogP contribution in [-0.4, -0.2) is 25.7 Å². The third-order valence-corrected chi connectivity index (χ3v) is 3.18. The lowest BCUT2D eigenvalue weighted by atomic mass is 10.1. The van der Waals surface area contributed by atoms with E-state index in [0.29, 0.717) is 6.04 Å². The number of nitrogens with one attached hydrogen (secondary N) is 1. The maximum Gasteiger partial charge on any atom is 0.0401 e. The van der Waals surface area contributed by atoms with Crippen LogP contribution >= 0.6 is 0 Å². The summed E-state index contributed by atoms with van der Waals surface area (Å²) < 4.78 is 0. The Bertz CT molecular complexity index is 346. The third kappa shape index (κ3) is 2.15. The maximum absolute atomic E-state index is 3.43. The van der Waals surface area contributed by atoms with Crippen LogP contribution in [0.5, 0.6) is 0 Å². The lowest BCUT2D eigenvalue weighted by Gasteiger charge is -2.37. The second-order valence-electron chi connectivity index (χ2n) is 4.54. The number of benzene rings is 1. The molecular formula is C13H20N2. The van der Waals surface area contributed by atoms with Gasteiger partial charge in [-0.15, -0.1) is 0 Å². The number of nitrogens with zero attached hydrogens (tertiary/aromatic N) is 1. The maximum atomic E-state index is 3.43. The summed E-state index contributed by atoms with van der Waals surface area (Å²) in [7, 11) is 0. The van der Waals surface area contributed by atoms with E-state index in [1.807, 2.05) is 0 Å². The number of rotatable bonds is 1. The largest absolute Gasteiger partial charge is 0.366 e. The minimum atomic E-state index is 0.597. The average Bonchev–Trinajstić information content (AvgIpc) is 2.23. The van der Waals surface area contributed by atoms with Gasteiger partial charge in [-0.3, -0.25) is 0 Å². The number of anilines is 1. The Labute approximate surface area is 92.3 Å². The minimum Gasteiger partial charge on any atom is -0.366 e. The van der Waals surface area contributed by atoms with Gasteiger partial charge in [-0.2, -0.15) is 0 Å². The predicted octanol–water partition coefficient (Wildman–Crippen LogP) is 2.10. The van der Waals surface area contributed by atoms with Gasteiger partial charge in [-0.25, -0.2) is 0 Å². The molecule has 1 saturated heterocycles. The van der Waals surface area contributed by atoms with Crippen LogP contribution in [0.25, 0.3) is 0 Å². The van der Waals surface area contributed by atoms with Gasteiger partial charge in [0.1, 0.15) is 0 Å². The summed E-state index contributed by atoms with van der Waals surface area (Å²) in [6.45, 7) is 9.95. The van der Waals surface area contributed by atoms with Crippen LogP contribution in [0.15, 0.2) is 18.2 Å². The molecule has 1 aromatic rings. The molecule has 0 saturated carbocycles. The van der Waals surface area contributed by atoms with Crippen molar-refractivity contribution in [3.05, 3.63) is 29.3 Å². The summed E-state index contributed by atoms with van der Waals surface area (Å²) in [5.41, 5.74) is 4.14. The molecule has 1 atom stereocenters. The smallest absolute Gasteiger partial charge is 0.0401 e. The van der Waals surface area contributed by atoms with Crippen molar-refractivity contribution in [3.63, 3.8) is 0 Å². The first kappa shape index (κ1) is 10.5. The molecule has 0 amide bonds. The van der Waals surface area contributed by atoms with Crippen molar-refractivity contribution < 1.29 is 0 Å². The number of hydrogen-bond donors (Lipinski definition) is 1. The second-order valence-corrected chi connectivity index (χ2v) is 4.54. The fourth-order valence-electron chi connectivity index (χ4n) is 2.23. The van der Waals surface area contributed by atoms with Gasteiger partial charge in [0, 0.05) is 31.4 Å². The van der Waals surface area contributed by atoms with Gasteiger partial charge in [0.25, 0.3) is 0 Å². The molecule has 1 aliphatic heterocycles. The van der Waals surface area contributed by atoms with Crippen LogP contribution in [0.4, 0.5) is 5.69 Å². The van der Waals surface area contributed by atoms with Crippen molar-refractivity contribution in [2.75, 3.05) is 24.5 Å². The fraction of sp³-hybridized carbons (Fsp3) is 0.538. The van der Waals surface area contributed by atoms with E-state index in [1.165, 1.54) is 16.8 Å². The standard InChI is InChI=1S/C13H20N2/c1-10-4-5-11(2)13(8-10)15-7-6-14-9-12(15)3/h4-5,8,12,14H,6-7,9H2,1-3H3. The van der Waals surface area contributed by atoms with Crippen molar-refractivity contribution >= 4 is 5.69 Å². The van der Waals surface area contributed by atoms with E-state index in [0.717, 1.165) is 19.6 Å². The third-order valence-electron chi connectivity index (χ3n) is 3.18. The molecule has 0 spiro atoms. The highest BCUT2D eigenvalue weighted by Gasteiger charge is 2.19. The Morgan fingerprint density at radius 1 is 1.33 bits per heavy atom. The zero-order valence-electron chi connectivity index (χ0n) is 9.88. The molecule has 82 valence electrons. The summed E-state index contributed by atoms with van der Waals surface area (Å²) in [5, 5.41) is 3.43. The minimum absolute atomic E-state index is 0.597. The van der Waals surface area contributed by atoms with Crippen molar-refractivity contribution in [2.45, 2.75) is 26.8 Å². The van der Waals surface area contributed by atoms with Crippen molar-refractivity contribution in [1.29, 1.82) is 0 Å². The molecule has 15 heavy (non-hydrogen) atoms. The second kappa shape index (κ2) is 4.23. The summed E-state index contributed by atoms with van der Waals surface area (Å²) in [5.74, 6) is 0. The molecule has 1 aromatic carbocycles. The molecule has 0 radical (unpaired) electrons. The van der Waals surface area contributed by atoms with Crippen molar-refractivity contribution in [1.82, 2.24) is 5.32 Å². The molecule has 0 aromatic heterocycles. The predicted molar refractivity (Wildman–Crippen MR) is 65.6 cm³/mol. The fourth-order valence-corrected chi connectivity index (χ4v) is 2.23. The highest BCUT2D eigenvalue weighted by atomic mass is 15.2. The van der Waals surface area contributed by atoms with Crippen LogP contribution in [0.1, 0.15) is 18.1 Å². The van der Waals surface area contributed by atoms with Crippen LogP contribution in [0.3, 0.4) is 0 Å². The van der Waals surface area contributed by atoms with Crippen molar-refractivity contribution in [3.8, 4) is 0 Å². The van der Waals surface area contributed by atoms with Gasteiger partial charge in [0.05, 0.1) is 0 Å². The van der Waals surface area contributed by atoms with Crippen molar-refractivity contribution in [2.24, 2.45) is 0 Å². The molecule has 1 N–H and O–H groups in total. The van der Waals surface area contributed by atoms with Gasteiger partial charge in [0.15, 0.2) is 0 Å². The van der Waals surface area contributed by atoms with E-state index in [4.69, 9.17) is 0 Å². The molecule has 1 heterocycles. The zero-order chi connectivity index (χ0) is 10.8. The van der Waals surface area contributed by atoms with Gasteiger partial charge < -0.3 is 10.2 Å². The van der Waals surface area contributed by atoms with Gasteiger partial charge in [-0.05, 0) is 38.0 Å². The quantitative estimate of drug-likeness (QED) is 0.753. The van der Waals surface area contributed by atoms with E-state index < -0.39 is 0 Å². The van der Waals surface area contributed by atoms with E-state index in [1.54, 1.807) is 0 Å². The van der Waals surface area contributed by atoms with E-state index in [9.17, 15) is 0 Å². The lowest BCUT2D eigenvalue weighted by molar-refractivity contribution is 0.500. The van der Waals surface area contributed by atoms with Crippen LogP contribution in [-0.2, 0) is 0 Å². The number of piperazine rings is 1. The Kier molecular flexibility index (Phi) is 2.96. The molecule has 0 bridgehead atoms. The normalized spacial score (nSPS) is 21.8. The molecule has 2 rings (SSSR count). The molecule has 1 unspecified atom stereocenters. The Morgan fingerprint density at radius 3 is 2.87 bits per heavy atom. The Hall–Kier alpha value is -1.02. The monoisotopic (exact) mass is 204 g/mol. The van der Waals surface area contributed by atoms with Crippen LogP contribution in [0, 0.1) is 13.8 Å². The topological polar surface area (TPSA) is 15.3 Å². The Balaban J connectivity index is 2.30. The SMILES string of the molecule is Cc1ccc(C)c(N2CCNCC2C)c1. The van der Waals surface area contributed by atoms with Gasteiger partial charge in [-0.1, -0.05) is 12.1 Å². The van der Waals surface area contributed by atoms with Gasteiger partial charge in [0.2, 0.25) is 0 Å². The first-order valence-corrected chi connectivity index (χ1v) is 5.73. The van der Waals surface area contributed by atoms with E-state index in [-0.39, 0.29) is 0 Å². The lowest BCUT2D eigenvalue weighted by Crippen LogP contribution is -2.50. The number of hydrogen-bond acceptors (Lipinski definition) is 2. The summed E-state index contributed by atoms with van der Waals surface area (Å²) >= 11 is 0. The summed E-state index contributed by atoms with van der Waals surface area (Å²) in [6, 6.07) is 7.31. The molecule has 1 aliphatic rings. The molecule has 0 aliphatic carbocycles. The van der Waals surface area contributed by atoms with E-state index in [2.05, 4.69) is 49.2 Å². The average molecular weight is 204 g/mol. The molecule has 2 heteroatoms. The highest BCUT2D eigenvalue weighted by molar-refractivity contribution is 5.56. The summed E-state index contributed by atoms with van der Waals surface area (Å²) in [6.07, 6.45) is 0. The van der Waals surface area contributed by atoms with Gasteiger partial charge >= 0.3 is 0 Å². The number of aryl methyl sites for hydroxylation is 2. The molecule has 2 nitrogen and oxygen atoms in total. The van der Waals surface area contributed by atoms with E-state index >= 15 is 0 Å². The Morgan fingerprint density at radius 2 is 2.13 bits per heavy atom. The van der Waals surface area contributed by atoms with Crippen LogP contribution in [0.2, 0.25) is 0 Å². The first-order chi connectivity index (χ1) is 7.18. The molecular weight excluding hydrogens is 184 g/mol. The highest BCUT2D eigenvalue weighted by Crippen LogP contribution is 2.24. The summed E-state index contributed by atoms with van der Waals surface area (Å²) in [4.78, 5) is 2.51. The first-order valence-electron chi connectivity index (χ1n) is 5.73. The zero-order valence-corrected chi connectivity index (χ0v) is 9.88. The van der Waals surface area contributed by atoms with Crippen LogP contribution < -0.4 is 10.2 Å². The molecule has 1 fully saturated rings.